The zero-order chi connectivity index (χ0) is 32.7. The van der Waals surface area contributed by atoms with Crippen LogP contribution in [0.2, 0.25) is 0 Å². The molecule has 0 spiro atoms. The molecule has 0 unspecified atom stereocenters. The van der Waals surface area contributed by atoms with Crippen LogP contribution in [0.3, 0.4) is 0 Å². The molecule has 0 atom stereocenters. The Kier molecular flexibility index (Phi) is 6.91. The molecule has 0 saturated carbocycles. The first kappa shape index (κ1) is 29.2. The molecule has 0 fully saturated rings. The van der Waals surface area contributed by atoms with Crippen LogP contribution in [0.4, 0.5) is 0 Å². The molecule has 4 aromatic carbocycles. The Morgan fingerprint density at radius 1 is 0.306 bits per heavy atom. The molecule has 4 nitrogen and oxygen atoms in total. The second-order valence-electron chi connectivity index (χ2n) is 12.0. The summed E-state index contributed by atoms with van der Waals surface area (Å²) in [7, 11) is 0. The van der Waals surface area contributed by atoms with Gasteiger partial charge in [0.15, 0.2) is 0 Å². The van der Waals surface area contributed by atoms with Gasteiger partial charge in [0, 0.05) is 0 Å². The zero-order valence-corrected chi connectivity index (χ0v) is 27.7. The van der Waals surface area contributed by atoms with Crippen LogP contribution in [0.5, 0.6) is 0 Å². The molecular weight excluding hydrogens is 639 g/mol. The van der Waals surface area contributed by atoms with Gasteiger partial charge in [0.2, 0.25) is 0 Å². The summed E-state index contributed by atoms with van der Waals surface area (Å²) >= 11 is -4.22. The maximum atomic E-state index is 5.45. The van der Waals surface area contributed by atoms with Crippen molar-refractivity contribution in [1.29, 1.82) is 0 Å². The Morgan fingerprint density at radius 3 is 1.04 bits per heavy atom. The molecule has 5 heteroatoms. The number of rotatable bonds is 5. The molecular formula is C44H31MnN4. The summed E-state index contributed by atoms with van der Waals surface area (Å²) in [6.07, 6.45) is 22.8. The molecule has 0 aromatic heterocycles. The average molecular weight is 671 g/mol. The summed E-state index contributed by atoms with van der Waals surface area (Å²) in [6, 6.07) is 44.3. The number of hydrogen-bond donors (Lipinski definition) is 0. The van der Waals surface area contributed by atoms with Crippen LogP contribution in [-0.4, -0.2) is 22.8 Å². The number of fused-ring (bicyclic) bond motifs is 4. The molecule has 9 rings (SSSR count). The van der Waals surface area contributed by atoms with Gasteiger partial charge in [0.25, 0.3) is 0 Å². The van der Waals surface area contributed by atoms with E-state index in [1.165, 1.54) is 22.3 Å². The fraction of sp³-hybridized carbons (Fsp3) is 0. The van der Waals surface area contributed by atoms with Gasteiger partial charge >= 0.3 is 288 Å². The Labute approximate surface area is 286 Å². The quantitative estimate of drug-likeness (QED) is 0.208. The van der Waals surface area contributed by atoms with E-state index in [4.69, 9.17) is 20.0 Å². The van der Waals surface area contributed by atoms with E-state index in [1.54, 1.807) is 0 Å². The van der Waals surface area contributed by atoms with Crippen LogP contribution in [0.15, 0.2) is 235 Å². The molecule has 5 aliphatic heterocycles. The SMILES string of the molecule is C1=CC2=NC1=CC1=NC(=CC3=NC(=CC4=NC(=C2)C=C4)C=[C]3[Mn]([c]2ccccc2)([c]2ccccc2)([c]2ccccc2)[c]2ccccc2)C=C1. The first-order valence-electron chi connectivity index (χ1n) is 16.2. The van der Waals surface area contributed by atoms with Crippen LogP contribution < -0.4 is 17.8 Å². The number of aliphatic imine (C=N–C) groups is 4. The van der Waals surface area contributed by atoms with Gasteiger partial charge in [-0.3, -0.25) is 0 Å². The normalized spacial score (nSPS) is 18.3. The van der Waals surface area contributed by atoms with Crippen LogP contribution in [-0.2, 0) is 11.8 Å². The molecule has 0 amide bonds. The minimum atomic E-state index is -4.22. The summed E-state index contributed by atoms with van der Waals surface area (Å²) in [4.78, 5) is 20.2. The summed E-state index contributed by atoms with van der Waals surface area (Å²) < 4.78 is 6.23. The topological polar surface area (TPSA) is 49.4 Å². The van der Waals surface area contributed by atoms with E-state index < -0.39 is 11.8 Å². The van der Waals surface area contributed by atoms with E-state index in [1.807, 2.05) is 42.5 Å². The molecule has 8 bridgehead atoms. The van der Waals surface area contributed by atoms with Gasteiger partial charge in [-0.15, -0.1) is 0 Å². The third kappa shape index (κ3) is 4.59. The maximum absolute atomic E-state index is 5.45. The third-order valence-electron chi connectivity index (χ3n) is 9.08. The second-order valence-corrected chi connectivity index (χ2v) is 18.3. The van der Waals surface area contributed by atoms with Crippen molar-refractivity contribution in [1.82, 2.24) is 0 Å². The van der Waals surface area contributed by atoms with E-state index in [9.17, 15) is 0 Å². The van der Waals surface area contributed by atoms with Gasteiger partial charge in [-0.1, -0.05) is 0 Å². The van der Waals surface area contributed by atoms with E-state index in [0.29, 0.717) is 0 Å². The third-order valence-corrected chi connectivity index (χ3v) is 17.8. The number of hydrogen-bond acceptors (Lipinski definition) is 4. The summed E-state index contributed by atoms with van der Waals surface area (Å²) in [6.45, 7) is 0. The number of allylic oxidation sites excluding steroid dienone is 12. The van der Waals surface area contributed by atoms with Crippen molar-refractivity contribution in [2.75, 3.05) is 0 Å². The van der Waals surface area contributed by atoms with Crippen molar-refractivity contribution in [3.05, 3.63) is 215 Å². The molecule has 0 radical (unpaired) electrons. The first-order valence-corrected chi connectivity index (χ1v) is 19.2. The van der Waals surface area contributed by atoms with E-state index in [-0.39, 0.29) is 0 Å². The molecule has 4 aromatic rings. The van der Waals surface area contributed by atoms with Crippen molar-refractivity contribution in [3.8, 4) is 0 Å². The zero-order valence-electron chi connectivity index (χ0n) is 26.6. The van der Waals surface area contributed by atoms with Crippen LogP contribution in [0, 0.1) is 0 Å². The molecule has 49 heavy (non-hydrogen) atoms. The molecule has 0 saturated heterocycles. The van der Waals surface area contributed by atoms with Crippen molar-refractivity contribution < 1.29 is 11.8 Å². The van der Waals surface area contributed by atoms with Gasteiger partial charge in [-0.05, 0) is 0 Å². The standard InChI is InChI=1S/C20H11N4.4C6H5.Mn/c1-2-14-10-16-5-6-18(23-16)12-20-8-7-19(24-20)11-17-4-3-15(22-17)9-13(1)21-14;4*1-2-4-6-5-3-1;/h1-7,9-12H;4*1-5H;. The molecule has 5 aliphatic rings. The number of nitrogens with zero attached hydrogens (tertiary/aromatic N) is 4. The average Bonchev–Trinajstić information content (AvgIpc) is 3.98. The minimum absolute atomic E-state index is 0.847. The molecule has 0 N–H and O–H groups in total. The van der Waals surface area contributed by atoms with Crippen LogP contribution in [0.25, 0.3) is 0 Å². The molecule has 0 aliphatic carbocycles. The second kappa shape index (κ2) is 11.6. The Morgan fingerprint density at radius 2 is 0.653 bits per heavy atom. The van der Waals surface area contributed by atoms with E-state index >= 15 is 0 Å². The predicted octanol–water partition coefficient (Wildman–Crippen LogP) is 6.90. The molecule has 234 valence electrons. The molecule has 5 heterocycles. The summed E-state index contributed by atoms with van der Waals surface area (Å²) in [5, 5.41) is 0. The first-order chi connectivity index (χ1) is 24.2. The van der Waals surface area contributed by atoms with E-state index in [0.717, 1.165) is 45.6 Å². The Hall–Kier alpha value is -6.00. The van der Waals surface area contributed by atoms with Gasteiger partial charge in [0.1, 0.15) is 0 Å². The van der Waals surface area contributed by atoms with Crippen molar-refractivity contribution in [2.24, 2.45) is 20.0 Å². The number of benzene rings is 4. The predicted molar refractivity (Wildman–Crippen MR) is 202 cm³/mol. The van der Waals surface area contributed by atoms with E-state index in [2.05, 4.69) is 146 Å². The Bertz CT molecular complexity index is 2230. The van der Waals surface area contributed by atoms with Crippen molar-refractivity contribution >= 4 is 40.7 Å². The summed E-state index contributed by atoms with van der Waals surface area (Å²) in [5.41, 5.74) is 6.89. The monoisotopic (exact) mass is 670 g/mol. The fourth-order valence-corrected chi connectivity index (χ4v) is 16.2. The van der Waals surface area contributed by atoms with Gasteiger partial charge in [-0.25, -0.2) is 0 Å². The van der Waals surface area contributed by atoms with Crippen molar-refractivity contribution in [3.63, 3.8) is 0 Å². The fourth-order valence-electron chi connectivity index (χ4n) is 7.06. The van der Waals surface area contributed by atoms with Gasteiger partial charge in [0.05, 0.1) is 0 Å². The van der Waals surface area contributed by atoms with Crippen LogP contribution in [0.1, 0.15) is 0 Å². The van der Waals surface area contributed by atoms with Gasteiger partial charge < -0.3 is 0 Å². The van der Waals surface area contributed by atoms with Crippen molar-refractivity contribution in [2.45, 2.75) is 0 Å². The van der Waals surface area contributed by atoms with Gasteiger partial charge in [-0.2, -0.15) is 0 Å². The van der Waals surface area contributed by atoms with Crippen LogP contribution >= 0.6 is 0 Å². The Balaban J connectivity index is 1.43. The summed E-state index contributed by atoms with van der Waals surface area (Å²) in [5.74, 6) is 0.